The van der Waals surface area contributed by atoms with Crippen LogP contribution >= 0.6 is 0 Å². The molecule has 0 aliphatic heterocycles. The van der Waals surface area contributed by atoms with Gasteiger partial charge in [-0.3, -0.25) is 0 Å². The second-order valence-electron chi connectivity index (χ2n) is 1.29. The topological polar surface area (TPSA) is 53.2 Å². The smallest absolute Gasteiger partial charge is 0.315 e. The van der Waals surface area contributed by atoms with Crippen molar-refractivity contribution in [2.24, 2.45) is 0 Å². The van der Waals surface area contributed by atoms with E-state index in [-0.39, 0.29) is 13.5 Å². The first-order valence-corrected chi connectivity index (χ1v) is 2.41. The van der Waals surface area contributed by atoms with Gasteiger partial charge in [0.15, 0.2) is 0 Å². The summed E-state index contributed by atoms with van der Waals surface area (Å²) in [5, 5.41) is 7.69. The van der Waals surface area contributed by atoms with E-state index in [9.17, 15) is 4.79 Å². The minimum atomic E-state index is -0.167. The number of carbonyl (C=O) groups excluding carboxylic acids is 1. The van der Waals surface area contributed by atoms with Gasteiger partial charge in [0.05, 0.1) is 6.67 Å². The van der Waals surface area contributed by atoms with E-state index in [1.807, 2.05) is 0 Å². The molecule has 4 nitrogen and oxygen atoms in total. The minimum absolute atomic E-state index is 0. The SMILES string of the molecule is C.CNCNC(=O)NC. The molecule has 0 aromatic heterocycles. The van der Waals surface area contributed by atoms with Crippen molar-refractivity contribution in [1.29, 1.82) is 0 Å². The number of hydrogen-bond acceptors (Lipinski definition) is 2. The van der Waals surface area contributed by atoms with Gasteiger partial charge >= 0.3 is 6.03 Å². The second-order valence-corrected chi connectivity index (χ2v) is 1.29. The van der Waals surface area contributed by atoms with E-state index in [1.165, 1.54) is 0 Å². The van der Waals surface area contributed by atoms with Crippen LogP contribution in [0.5, 0.6) is 0 Å². The molecule has 0 rings (SSSR count). The Morgan fingerprint density at radius 3 is 2.33 bits per heavy atom. The second kappa shape index (κ2) is 7.23. The van der Waals surface area contributed by atoms with E-state index >= 15 is 0 Å². The van der Waals surface area contributed by atoms with Crippen LogP contribution < -0.4 is 16.0 Å². The number of amides is 2. The average molecular weight is 133 g/mol. The van der Waals surface area contributed by atoms with E-state index in [4.69, 9.17) is 0 Å². The predicted molar refractivity (Wildman–Crippen MR) is 38.2 cm³/mol. The lowest BCUT2D eigenvalue weighted by atomic mass is 10.9. The zero-order chi connectivity index (χ0) is 6.41. The zero-order valence-corrected chi connectivity index (χ0v) is 5.12. The van der Waals surface area contributed by atoms with Crippen LogP contribution in [-0.2, 0) is 0 Å². The Bertz CT molecular complexity index is 74.6. The molecule has 0 aliphatic rings. The number of rotatable bonds is 2. The molecule has 0 saturated heterocycles. The van der Waals surface area contributed by atoms with Gasteiger partial charge in [0.1, 0.15) is 0 Å². The Morgan fingerprint density at radius 2 is 2.00 bits per heavy atom. The standard InChI is InChI=1S/C4H11N3O.CH4/c1-5-3-7-4(8)6-2;/h5H,3H2,1-2H3,(H2,6,7,8);1H4. The molecule has 9 heavy (non-hydrogen) atoms. The molecule has 0 unspecified atom stereocenters. The molecule has 3 N–H and O–H groups in total. The lowest BCUT2D eigenvalue weighted by molar-refractivity contribution is 0.242. The van der Waals surface area contributed by atoms with Gasteiger partial charge in [0.2, 0.25) is 0 Å². The maximum absolute atomic E-state index is 10.3. The van der Waals surface area contributed by atoms with E-state index in [2.05, 4.69) is 16.0 Å². The van der Waals surface area contributed by atoms with Gasteiger partial charge in [0.25, 0.3) is 0 Å². The van der Waals surface area contributed by atoms with Crippen molar-refractivity contribution in [3.05, 3.63) is 0 Å². The van der Waals surface area contributed by atoms with Crippen molar-refractivity contribution >= 4 is 6.03 Å². The Labute approximate surface area is 56.0 Å². The first-order chi connectivity index (χ1) is 3.81. The van der Waals surface area contributed by atoms with Crippen molar-refractivity contribution in [3.8, 4) is 0 Å². The average Bonchev–Trinajstić information content (AvgIpc) is 1.83. The van der Waals surface area contributed by atoms with E-state index < -0.39 is 0 Å². The Balaban J connectivity index is 0. The molecule has 0 heterocycles. The molecule has 4 heteroatoms. The highest BCUT2D eigenvalue weighted by Gasteiger charge is 1.88. The van der Waals surface area contributed by atoms with Crippen LogP contribution in [0.25, 0.3) is 0 Å². The number of carbonyl (C=O) groups is 1. The fourth-order valence-corrected chi connectivity index (χ4v) is 0.257. The molecular formula is C5H15N3O. The van der Waals surface area contributed by atoms with Gasteiger partial charge in [-0.05, 0) is 7.05 Å². The molecule has 56 valence electrons. The highest BCUT2D eigenvalue weighted by Crippen LogP contribution is 1.54. The van der Waals surface area contributed by atoms with Crippen LogP contribution in [0.2, 0.25) is 0 Å². The predicted octanol–water partition coefficient (Wildman–Crippen LogP) is -0.272. The van der Waals surface area contributed by atoms with Crippen LogP contribution in [0.1, 0.15) is 7.43 Å². The normalized spacial score (nSPS) is 7.33. The summed E-state index contributed by atoms with van der Waals surface area (Å²) in [6.45, 7) is 0.500. The molecule has 0 bridgehead atoms. The zero-order valence-electron chi connectivity index (χ0n) is 5.12. The third-order valence-corrected chi connectivity index (χ3v) is 0.653. The fraction of sp³-hybridized carbons (Fsp3) is 0.800. The van der Waals surface area contributed by atoms with Gasteiger partial charge in [-0.2, -0.15) is 0 Å². The highest BCUT2D eigenvalue weighted by molar-refractivity contribution is 5.73. The van der Waals surface area contributed by atoms with Crippen LogP contribution in [0, 0.1) is 0 Å². The van der Waals surface area contributed by atoms with E-state index in [0.717, 1.165) is 0 Å². The van der Waals surface area contributed by atoms with Crippen molar-refractivity contribution in [3.63, 3.8) is 0 Å². The molecule has 2 amide bonds. The Hall–Kier alpha value is -0.770. The fourth-order valence-electron chi connectivity index (χ4n) is 0.257. The summed E-state index contributed by atoms with van der Waals surface area (Å²) in [4.78, 5) is 10.3. The Morgan fingerprint density at radius 1 is 1.44 bits per heavy atom. The first-order valence-electron chi connectivity index (χ1n) is 2.41. The highest BCUT2D eigenvalue weighted by atomic mass is 16.2. The summed E-state index contributed by atoms with van der Waals surface area (Å²) in [7, 11) is 3.33. The van der Waals surface area contributed by atoms with Crippen molar-refractivity contribution < 1.29 is 4.79 Å². The number of hydrogen-bond donors (Lipinski definition) is 3. The molecule has 0 aliphatic carbocycles. The third kappa shape index (κ3) is 7.23. The molecular weight excluding hydrogens is 118 g/mol. The summed E-state index contributed by atoms with van der Waals surface area (Å²) < 4.78 is 0. The molecule has 0 spiro atoms. The van der Waals surface area contributed by atoms with Crippen LogP contribution in [-0.4, -0.2) is 26.8 Å². The summed E-state index contributed by atoms with van der Waals surface area (Å²) in [6, 6.07) is -0.167. The molecule has 0 aromatic rings. The lowest BCUT2D eigenvalue weighted by Gasteiger charge is -2.00. The summed E-state index contributed by atoms with van der Waals surface area (Å²) >= 11 is 0. The third-order valence-electron chi connectivity index (χ3n) is 0.653. The minimum Gasteiger partial charge on any atom is -0.341 e. The molecule has 0 atom stereocenters. The quantitative estimate of drug-likeness (QED) is 0.454. The van der Waals surface area contributed by atoms with Gasteiger partial charge in [-0.1, -0.05) is 7.43 Å². The molecule has 0 saturated carbocycles. The summed E-state index contributed by atoms with van der Waals surface area (Å²) in [5.41, 5.74) is 0. The first kappa shape index (κ1) is 11.1. The van der Waals surface area contributed by atoms with Crippen LogP contribution in [0.15, 0.2) is 0 Å². The number of urea groups is 1. The molecule has 0 aromatic carbocycles. The van der Waals surface area contributed by atoms with Gasteiger partial charge in [-0.25, -0.2) is 4.79 Å². The summed E-state index contributed by atoms with van der Waals surface area (Å²) in [5.74, 6) is 0. The molecule has 0 fully saturated rings. The number of nitrogens with one attached hydrogen (secondary N) is 3. The van der Waals surface area contributed by atoms with Gasteiger partial charge < -0.3 is 16.0 Å². The largest absolute Gasteiger partial charge is 0.341 e. The van der Waals surface area contributed by atoms with E-state index in [0.29, 0.717) is 6.67 Å². The van der Waals surface area contributed by atoms with Crippen LogP contribution in [0.4, 0.5) is 4.79 Å². The van der Waals surface area contributed by atoms with Gasteiger partial charge in [-0.15, -0.1) is 0 Å². The monoisotopic (exact) mass is 133 g/mol. The van der Waals surface area contributed by atoms with Crippen LogP contribution in [0.3, 0.4) is 0 Å². The maximum atomic E-state index is 10.3. The lowest BCUT2D eigenvalue weighted by Crippen LogP contribution is -2.37. The van der Waals surface area contributed by atoms with E-state index in [1.54, 1.807) is 14.1 Å². The summed E-state index contributed by atoms with van der Waals surface area (Å²) in [6.07, 6.45) is 0. The van der Waals surface area contributed by atoms with Gasteiger partial charge in [0, 0.05) is 7.05 Å². The molecule has 0 radical (unpaired) electrons. The van der Waals surface area contributed by atoms with Crippen molar-refractivity contribution in [2.75, 3.05) is 20.8 Å². The Kier molecular flexibility index (Phi) is 8.90. The van der Waals surface area contributed by atoms with Crippen molar-refractivity contribution in [1.82, 2.24) is 16.0 Å². The van der Waals surface area contributed by atoms with Crippen molar-refractivity contribution in [2.45, 2.75) is 7.43 Å². The maximum Gasteiger partial charge on any atom is 0.315 e.